The normalized spacial score (nSPS) is 28.5. The Labute approximate surface area is 106 Å². The molecule has 1 heterocycles. The van der Waals surface area contributed by atoms with E-state index in [0.717, 1.165) is 25.2 Å². The minimum atomic E-state index is -1.26. The number of allylic oxidation sites excluding steroid dienone is 1. The van der Waals surface area contributed by atoms with Crippen LogP contribution in [0.1, 0.15) is 46.0 Å². The standard InChI is InChI=1S/C13H23NO2S/c1-13(2,17(14)15)9-11(10-6-7-10)12-5-3-4-8-16-12/h4,8,10-12H,3,5-7,9,14H2,1-2H3/t11-,12?,17?/m1/s1. The van der Waals surface area contributed by atoms with E-state index in [2.05, 4.69) is 6.08 Å². The summed E-state index contributed by atoms with van der Waals surface area (Å²) in [7, 11) is -1.26. The third-order valence-corrected chi connectivity index (χ3v) is 5.20. The molecule has 0 radical (unpaired) electrons. The van der Waals surface area contributed by atoms with Crippen molar-refractivity contribution in [2.24, 2.45) is 17.0 Å². The number of ether oxygens (including phenoxy) is 1. The monoisotopic (exact) mass is 257 g/mol. The average molecular weight is 257 g/mol. The molecule has 2 N–H and O–H groups in total. The van der Waals surface area contributed by atoms with E-state index in [0.29, 0.717) is 12.0 Å². The van der Waals surface area contributed by atoms with E-state index in [-0.39, 0.29) is 4.75 Å². The predicted molar refractivity (Wildman–Crippen MR) is 70.5 cm³/mol. The first-order valence-corrected chi connectivity index (χ1v) is 7.69. The molecule has 4 heteroatoms. The zero-order valence-corrected chi connectivity index (χ0v) is 11.5. The van der Waals surface area contributed by atoms with Crippen molar-refractivity contribution in [3.05, 3.63) is 12.3 Å². The zero-order chi connectivity index (χ0) is 12.5. The molecule has 1 fully saturated rings. The van der Waals surface area contributed by atoms with E-state index in [1.807, 2.05) is 20.1 Å². The van der Waals surface area contributed by atoms with Gasteiger partial charge < -0.3 is 4.74 Å². The van der Waals surface area contributed by atoms with E-state index in [1.165, 1.54) is 12.8 Å². The molecule has 1 aliphatic heterocycles. The predicted octanol–water partition coefficient (Wildman–Crippen LogP) is 2.50. The Bertz CT molecular complexity index is 323. The number of rotatable bonds is 5. The van der Waals surface area contributed by atoms with E-state index < -0.39 is 11.0 Å². The van der Waals surface area contributed by atoms with Crippen LogP contribution in [0, 0.1) is 11.8 Å². The minimum Gasteiger partial charge on any atom is -0.498 e. The van der Waals surface area contributed by atoms with E-state index in [1.54, 1.807) is 0 Å². The van der Waals surface area contributed by atoms with Gasteiger partial charge in [0, 0.05) is 5.92 Å². The van der Waals surface area contributed by atoms with Gasteiger partial charge in [0.05, 0.1) is 22.0 Å². The third kappa shape index (κ3) is 3.32. The Kier molecular flexibility index (Phi) is 3.93. The SMILES string of the molecule is CC(C)(C[C@H](C1CC1)C1CCC=CO1)S(N)=O. The molecule has 0 aromatic rings. The van der Waals surface area contributed by atoms with Crippen LogP contribution in [0.15, 0.2) is 12.3 Å². The van der Waals surface area contributed by atoms with Crippen LogP contribution in [0.4, 0.5) is 0 Å². The molecule has 2 unspecified atom stereocenters. The lowest BCUT2D eigenvalue weighted by Crippen LogP contribution is -2.38. The first-order valence-electron chi connectivity index (χ1n) is 6.47. The van der Waals surface area contributed by atoms with Crippen LogP contribution in [-0.2, 0) is 15.7 Å². The third-order valence-electron chi connectivity index (χ3n) is 3.94. The molecule has 0 aromatic carbocycles. The van der Waals surface area contributed by atoms with Crippen LogP contribution in [0.25, 0.3) is 0 Å². The summed E-state index contributed by atoms with van der Waals surface area (Å²) in [6.45, 7) is 3.99. The number of nitrogens with two attached hydrogens (primary N) is 1. The smallest absolute Gasteiger partial charge is 0.101 e. The first kappa shape index (κ1) is 13.1. The second-order valence-corrected chi connectivity index (χ2v) is 7.59. The summed E-state index contributed by atoms with van der Waals surface area (Å²) < 4.78 is 17.0. The molecular formula is C13H23NO2S. The van der Waals surface area contributed by atoms with Crippen LogP contribution in [0.3, 0.4) is 0 Å². The average Bonchev–Trinajstić information content (AvgIpc) is 3.11. The fourth-order valence-electron chi connectivity index (χ4n) is 2.64. The van der Waals surface area contributed by atoms with E-state index in [4.69, 9.17) is 9.88 Å². The van der Waals surface area contributed by atoms with Crippen molar-refractivity contribution in [2.75, 3.05) is 0 Å². The van der Waals surface area contributed by atoms with Gasteiger partial charge in [-0.3, -0.25) is 5.14 Å². The molecule has 0 saturated heterocycles. The second kappa shape index (κ2) is 5.11. The van der Waals surface area contributed by atoms with Crippen molar-refractivity contribution in [3.8, 4) is 0 Å². The van der Waals surface area contributed by atoms with Crippen molar-refractivity contribution >= 4 is 11.0 Å². The summed E-state index contributed by atoms with van der Waals surface area (Å²) >= 11 is 0. The van der Waals surface area contributed by atoms with E-state index >= 15 is 0 Å². The summed E-state index contributed by atoms with van der Waals surface area (Å²) in [6.07, 6.45) is 9.88. The van der Waals surface area contributed by atoms with Crippen molar-refractivity contribution in [2.45, 2.75) is 56.8 Å². The maximum absolute atomic E-state index is 11.6. The van der Waals surface area contributed by atoms with Gasteiger partial charge in [0.2, 0.25) is 0 Å². The highest BCUT2D eigenvalue weighted by molar-refractivity contribution is 7.84. The second-order valence-electron chi connectivity index (χ2n) is 5.89. The molecule has 0 aromatic heterocycles. The molecule has 0 bridgehead atoms. The highest BCUT2D eigenvalue weighted by atomic mass is 32.2. The van der Waals surface area contributed by atoms with Crippen LogP contribution in [0.5, 0.6) is 0 Å². The summed E-state index contributed by atoms with van der Waals surface area (Å²) in [5, 5.41) is 5.59. The molecule has 1 saturated carbocycles. The molecule has 0 amide bonds. The van der Waals surface area contributed by atoms with Crippen LogP contribution < -0.4 is 5.14 Å². The fourth-order valence-corrected chi connectivity index (χ4v) is 3.00. The van der Waals surface area contributed by atoms with Crippen molar-refractivity contribution in [1.82, 2.24) is 0 Å². The van der Waals surface area contributed by atoms with Crippen molar-refractivity contribution in [1.29, 1.82) is 0 Å². The van der Waals surface area contributed by atoms with Gasteiger partial charge >= 0.3 is 0 Å². The summed E-state index contributed by atoms with van der Waals surface area (Å²) in [6, 6.07) is 0. The van der Waals surface area contributed by atoms with Gasteiger partial charge in [0.15, 0.2) is 0 Å². The highest BCUT2D eigenvalue weighted by Gasteiger charge is 2.41. The molecule has 2 aliphatic rings. The number of hydrogen-bond donors (Lipinski definition) is 1. The Hall–Kier alpha value is -0.350. The van der Waals surface area contributed by atoms with Crippen molar-refractivity contribution in [3.63, 3.8) is 0 Å². The maximum Gasteiger partial charge on any atom is 0.101 e. The van der Waals surface area contributed by atoms with Gasteiger partial charge in [-0.15, -0.1) is 0 Å². The lowest BCUT2D eigenvalue weighted by Gasteiger charge is -2.33. The summed E-state index contributed by atoms with van der Waals surface area (Å²) in [4.78, 5) is 0. The van der Waals surface area contributed by atoms with Crippen molar-refractivity contribution < 1.29 is 8.95 Å². The van der Waals surface area contributed by atoms with Gasteiger partial charge in [-0.05, 0) is 57.9 Å². The van der Waals surface area contributed by atoms with Gasteiger partial charge in [-0.25, -0.2) is 4.21 Å². The topological polar surface area (TPSA) is 52.3 Å². The molecule has 3 nitrogen and oxygen atoms in total. The quantitative estimate of drug-likeness (QED) is 0.822. The highest BCUT2D eigenvalue weighted by Crippen LogP contribution is 2.45. The van der Waals surface area contributed by atoms with Gasteiger partial charge in [0.1, 0.15) is 6.10 Å². The van der Waals surface area contributed by atoms with Crippen LogP contribution >= 0.6 is 0 Å². The number of hydrogen-bond acceptors (Lipinski definition) is 2. The van der Waals surface area contributed by atoms with Crippen LogP contribution in [-0.4, -0.2) is 15.1 Å². The molecule has 98 valence electrons. The largest absolute Gasteiger partial charge is 0.498 e. The van der Waals surface area contributed by atoms with Gasteiger partial charge in [0.25, 0.3) is 0 Å². The molecule has 1 aliphatic carbocycles. The first-order chi connectivity index (χ1) is 8.00. The van der Waals surface area contributed by atoms with Gasteiger partial charge in [-0.1, -0.05) is 0 Å². The van der Waals surface area contributed by atoms with E-state index in [9.17, 15) is 4.21 Å². The lowest BCUT2D eigenvalue weighted by atomic mass is 9.85. The Morgan fingerprint density at radius 1 is 1.47 bits per heavy atom. The Morgan fingerprint density at radius 3 is 2.65 bits per heavy atom. The molecule has 17 heavy (non-hydrogen) atoms. The summed E-state index contributed by atoms with van der Waals surface area (Å²) in [5.41, 5.74) is 0. The zero-order valence-electron chi connectivity index (χ0n) is 10.7. The molecular weight excluding hydrogens is 234 g/mol. The maximum atomic E-state index is 11.6. The van der Waals surface area contributed by atoms with Crippen LogP contribution in [0.2, 0.25) is 0 Å². The Balaban J connectivity index is 2.02. The molecule has 2 rings (SSSR count). The Morgan fingerprint density at radius 2 is 2.18 bits per heavy atom. The molecule has 0 spiro atoms. The lowest BCUT2D eigenvalue weighted by molar-refractivity contribution is 0.0506. The summed E-state index contributed by atoms with van der Waals surface area (Å²) in [5.74, 6) is 1.27. The van der Waals surface area contributed by atoms with Gasteiger partial charge in [-0.2, -0.15) is 0 Å². The fraction of sp³-hybridized carbons (Fsp3) is 0.846. The molecule has 3 atom stereocenters. The minimum absolute atomic E-state index is 0.301.